The van der Waals surface area contributed by atoms with E-state index in [0.29, 0.717) is 11.0 Å². The molecule has 5 nitrogen and oxygen atoms in total. The molecule has 0 aliphatic carbocycles. The van der Waals surface area contributed by atoms with E-state index in [-0.39, 0.29) is 17.2 Å². The van der Waals surface area contributed by atoms with E-state index < -0.39 is 4.92 Å². The average molecular weight is 349 g/mol. The van der Waals surface area contributed by atoms with Crippen LogP contribution in [0.1, 0.15) is 21.5 Å². The second kappa shape index (κ2) is 6.49. The Morgan fingerprint density at radius 3 is 2.71 bits per heavy atom. The molecule has 21 heavy (non-hydrogen) atoms. The van der Waals surface area contributed by atoms with Gasteiger partial charge in [0, 0.05) is 23.2 Å². The van der Waals surface area contributed by atoms with Crippen molar-refractivity contribution < 1.29 is 9.72 Å². The standard InChI is InChI=1S/C15H13BrN2O3/c1-10-3-2-4-11(7-10)9-17-15(19)13-8-12(18(20)21)5-6-14(13)16/h2-8H,9H2,1H3,(H,17,19). The van der Waals surface area contributed by atoms with Crippen LogP contribution in [0.4, 0.5) is 5.69 Å². The van der Waals surface area contributed by atoms with E-state index in [9.17, 15) is 14.9 Å². The predicted molar refractivity (Wildman–Crippen MR) is 83.1 cm³/mol. The van der Waals surface area contributed by atoms with Gasteiger partial charge in [-0.2, -0.15) is 0 Å². The van der Waals surface area contributed by atoms with Gasteiger partial charge in [0.25, 0.3) is 11.6 Å². The van der Waals surface area contributed by atoms with Crippen LogP contribution in [0.5, 0.6) is 0 Å². The van der Waals surface area contributed by atoms with Crippen LogP contribution in [0.3, 0.4) is 0 Å². The number of hydrogen-bond donors (Lipinski definition) is 1. The monoisotopic (exact) mass is 348 g/mol. The van der Waals surface area contributed by atoms with Crippen LogP contribution in [0, 0.1) is 17.0 Å². The number of carbonyl (C=O) groups excluding carboxylic acids is 1. The number of nitro benzene ring substituents is 1. The first-order chi connectivity index (χ1) is 9.97. The van der Waals surface area contributed by atoms with Gasteiger partial charge in [-0.15, -0.1) is 0 Å². The Hall–Kier alpha value is -2.21. The van der Waals surface area contributed by atoms with E-state index in [2.05, 4.69) is 21.2 Å². The zero-order chi connectivity index (χ0) is 15.4. The average Bonchev–Trinajstić information content (AvgIpc) is 2.45. The Morgan fingerprint density at radius 1 is 1.29 bits per heavy atom. The maximum atomic E-state index is 12.1. The van der Waals surface area contributed by atoms with E-state index in [1.165, 1.54) is 18.2 Å². The fraction of sp³-hybridized carbons (Fsp3) is 0.133. The third-order valence-corrected chi connectivity index (χ3v) is 3.63. The Kier molecular flexibility index (Phi) is 4.70. The van der Waals surface area contributed by atoms with Crippen molar-refractivity contribution in [2.45, 2.75) is 13.5 Å². The zero-order valence-electron chi connectivity index (χ0n) is 11.3. The predicted octanol–water partition coefficient (Wildman–Crippen LogP) is 3.60. The van der Waals surface area contributed by atoms with Gasteiger partial charge in [-0.3, -0.25) is 14.9 Å². The van der Waals surface area contributed by atoms with Gasteiger partial charge in [-0.25, -0.2) is 0 Å². The molecule has 0 aromatic heterocycles. The van der Waals surface area contributed by atoms with Gasteiger partial charge in [-0.1, -0.05) is 29.8 Å². The SMILES string of the molecule is Cc1cccc(CNC(=O)c2cc([N+](=O)[O-])ccc2Br)c1. The fourth-order valence-electron chi connectivity index (χ4n) is 1.90. The number of aryl methyl sites for hydroxylation is 1. The number of halogens is 1. The summed E-state index contributed by atoms with van der Waals surface area (Å²) in [5, 5.41) is 13.5. The van der Waals surface area contributed by atoms with Gasteiger partial charge in [-0.05, 0) is 34.5 Å². The molecule has 2 aromatic rings. The quantitative estimate of drug-likeness (QED) is 0.677. The van der Waals surface area contributed by atoms with Crippen LogP contribution < -0.4 is 5.32 Å². The lowest BCUT2D eigenvalue weighted by Crippen LogP contribution is -2.23. The summed E-state index contributed by atoms with van der Waals surface area (Å²) in [6, 6.07) is 11.9. The van der Waals surface area contributed by atoms with Gasteiger partial charge < -0.3 is 5.32 Å². The molecule has 1 amide bonds. The summed E-state index contributed by atoms with van der Waals surface area (Å²) in [7, 11) is 0. The second-order valence-corrected chi connectivity index (χ2v) is 5.45. The number of nitrogens with one attached hydrogen (secondary N) is 1. The molecule has 0 unspecified atom stereocenters. The van der Waals surface area contributed by atoms with Crippen molar-refractivity contribution in [1.29, 1.82) is 0 Å². The van der Waals surface area contributed by atoms with Crippen LogP contribution in [0.2, 0.25) is 0 Å². The van der Waals surface area contributed by atoms with E-state index >= 15 is 0 Å². The van der Waals surface area contributed by atoms with Crippen LogP contribution in [-0.4, -0.2) is 10.8 Å². The van der Waals surface area contributed by atoms with Gasteiger partial charge in [0.2, 0.25) is 0 Å². The van der Waals surface area contributed by atoms with Gasteiger partial charge in [0.15, 0.2) is 0 Å². The van der Waals surface area contributed by atoms with E-state index in [1.54, 1.807) is 0 Å². The number of hydrogen-bond acceptors (Lipinski definition) is 3. The van der Waals surface area contributed by atoms with E-state index in [4.69, 9.17) is 0 Å². The maximum Gasteiger partial charge on any atom is 0.270 e. The topological polar surface area (TPSA) is 72.2 Å². The first-order valence-electron chi connectivity index (χ1n) is 6.25. The summed E-state index contributed by atoms with van der Waals surface area (Å²) < 4.78 is 0.523. The lowest BCUT2D eigenvalue weighted by atomic mass is 10.1. The highest BCUT2D eigenvalue weighted by Crippen LogP contribution is 2.22. The lowest BCUT2D eigenvalue weighted by Gasteiger charge is -2.07. The first-order valence-corrected chi connectivity index (χ1v) is 7.04. The molecule has 0 saturated carbocycles. The summed E-state index contributed by atoms with van der Waals surface area (Å²) in [4.78, 5) is 22.4. The second-order valence-electron chi connectivity index (χ2n) is 4.59. The number of carbonyl (C=O) groups is 1. The van der Waals surface area contributed by atoms with E-state index in [1.807, 2.05) is 31.2 Å². The molecule has 0 aliphatic rings. The Balaban J connectivity index is 2.13. The van der Waals surface area contributed by atoms with Crippen LogP contribution in [0.25, 0.3) is 0 Å². The fourth-order valence-corrected chi connectivity index (χ4v) is 2.33. The summed E-state index contributed by atoms with van der Waals surface area (Å²) in [6.07, 6.45) is 0. The highest BCUT2D eigenvalue weighted by molar-refractivity contribution is 9.10. The third-order valence-electron chi connectivity index (χ3n) is 2.94. The molecule has 1 N–H and O–H groups in total. The maximum absolute atomic E-state index is 12.1. The highest BCUT2D eigenvalue weighted by atomic mass is 79.9. The number of nitrogens with zero attached hydrogens (tertiary/aromatic N) is 1. The number of rotatable bonds is 4. The van der Waals surface area contributed by atoms with Crippen molar-refractivity contribution in [1.82, 2.24) is 5.32 Å². The minimum atomic E-state index is -0.524. The summed E-state index contributed by atoms with van der Waals surface area (Å²) >= 11 is 3.23. The zero-order valence-corrected chi connectivity index (χ0v) is 12.9. The summed E-state index contributed by atoms with van der Waals surface area (Å²) in [5.41, 5.74) is 2.22. The first kappa shape index (κ1) is 15.2. The van der Waals surface area contributed by atoms with Gasteiger partial charge in [0.1, 0.15) is 0 Å². The molecule has 0 aliphatic heterocycles. The minimum Gasteiger partial charge on any atom is -0.348 e. The number of benzene rings is 2. The van der Waals surface area contributed by atoms with Gasteiger partial charge >= 0.3 is 0 Å². The molecular weight excluding hydrogens is 336 g/mol. The number of nitro groups is 1. The molecule has 2 rings (SSSR count). The van der Waals surface area contributed by atoms with Crippen LogP contribution in [-0.2, 0) is 6.54 Å². The molecule has 0 atom stereocenters. The van der Waals surface area contributed by atoms with Crippen molar-refractivity contribution >= 4 is 27.5 Å². The van der Waals surface area contributed by atoms with Crippen molar-refractivity contribution in [3.05, 3.63) is 73.7 Å². The summed E-state index contributed by atoms with van der Waals surface area (Å²) in [6.45, 7) is 2.35. The smallest absolute Gasteiger partial charge is 0.270 e. The minimum absolute atomic E-state index is 0.112. The van der Waals surface area contributed by atoms with Crippen molar-refractivity contribution in [2.24, 2.45) is 0 Å². The molecule has 0 spiro atoms. The highest BCUT2D eigenvalue weighted by Gasteiger charge is 2.15. The Labute approximate surface area is 130 Å². The molecule has 0 bridgehead atoms. The lowest BCUT2D eigenvalue weighted by molar-refractivity contribution is -0.384. The normalized spacial score (nSPS) is 10.2. The molecule has 0 heterocycles. The molecule has 2 aromatic carbocycles. The van der Waals surface area contributed by atoms with Gasteiger partial charge in [0.05, 0.1) is 10.5 Å². The van der Waals surface area contributed by atoms with Crippen LogP contribution >= 0.6 is 15.9 Å². The number of non-ortho nitro benzene ring substituents is 1. The molecule has 0 saturated heterocycles. The van der Waals surface area contributed by atoms with Crippen LogP contribution in [0.15, 0.2) is 46.9 Å². The van der Waals surface area contributed by atoms with Crippen molar-refractivity contribution in [2.75, 3.05) is 0 Å². The van der Waals surface area contributed by atoms with Crippen molar-refractivity contribution in [3.8, 4) is 0 Å². The molecule has 6 heteroatoms. The van der Waals surface area contributed by atoms with E-state index in [0.717, 1.165) is 11.1 Å². The molecular formula is C15H13BrN2O3. The number of amides is 1. The molecule has 108 valence electrons. The Bertz CT molecular complexity index is 701. The summed E-state index contributed by atoms with van der Waals surface area (Å²) in [5.74, 6) is -0.355. The molecule has 0 radical (unpaired) electrons. The Morgan fingerprint density at radius 2 is 2.05 bits per heavy atom. The molecule has 0 fully saturated rings. The van der Waals surface area contributed by atoms with Crippen molar-refractivity contribution in [3.63, 3.8) is 0 Å². The third kappa shape index (κ3) is 3.88. The largest absolute Gasteiger partial charge is 0.348 e.